The highest BCUT2D eigenvalue weighted by molar-refractivity contribution is 14.1. The van der Waals surface area contributed by atoms with Crippen molar-refractivity contribution in [3.8, 4) is 0 Å². The molecule has 0 saturated carbocycles. The molecule has 3 N–H and O–H groups in total. The Labute approximate surface area is 147 Å². The molecule has 0 heterocycles. The molecule has 0 radical (unpaired) electrons. The zero-order chi connectivity index (χ0) is 16.8. The Bertz CT molecular complexity index is 704. The second-order valence-corrected chi connectivity index (χ2v) is 6.41. The van der Waals surface area contributed by atoms with Crippen LogP contribution in [-0.4, -0.2) is 17.9 Å². The Kier molecular flexibility index (Phi) is 6.09. The molecule has 120 valence electrons. The molecule has 23 heavy (non-hydrogen) atoms. The van der Waals surface area contributed by atoms with E-state index in [1.54, 1.807) is 0 Å². The van der Waals surface area contributed by atoms with E-state index in [0.29, 0.717) is 12.0 Å². The number of amides is 2. The fourth-order valence-electron chi connectivity index (χ4n) is 2.16. The van der Waals surface area contributed by atoms with Gasteiger partial charge < -0.3 is 11.1 Å². The summed E-state index contributed by atoms with van der Waals surface area (Å²) in [5, 5.41) is 2.64. The van der Waals surface area contributed by atoms with Gasteiger partial charge in [-0.1, -0.05) is 24.3 Å². The molecule has 0 bridgehead atoms. The van der Waals surface area contributed by atoms with Crippen molar-refractivity contribution in [2.45, 2.75) is 18.9 Å². The van der Waals surface area contributed by atoms with Crippen molar-refractivity contribution >= 4 is 34.4 Å². The van der Waals surface area contributed by atoms with E-state index in [9.17, 15) is 14.0 Å². The number of nitrogens with one attached hydrogen (secondary N) is 1. The molecule has 0 spiro atoms. The number of benzene rings is 2. The van der Waals surface area contributed by atoms with Crippen LogP contribution in [0.3, 0.4) is 0 Å². The van der Waals surface area contributed by atoms with Crippen LogP contribution in [-0.2, 0) is 22.4 Å². The van der Waals surface area contributed by atoms with Gasteiger partial charge in [-0.3, -0.25) is 9.59 Å². The smallest absolute Gasteiger partial charge is 0.240 e. The van der Waals surface area contributed by atoms with Gasteiger partial charge in [0.15, 0.2) is 0 Å². The van der Waals surface area contributed by atoms with Crippen LogP contribution in [0.25, 0.3) is 0 Å². The van der Waals surface area contributed by atoms with Crippen LogP contribution >= 0.6 is 22.6 Å². The molecule has 0 fully saturated rings. The van der Waals surface area contributed by atoms with Crippen LogP contribution in [0.2, 0.25) is 0 Å². The predicted octanol–water partition coefficient (Wildman–Crippen LogP) is 2.19. The zero-order valence-corrected chi connectivity index (χ0v) is 14.4. The van der Waals surface area contributed by atoms with Gasteiger partial charge in [-0.05, 0) is 58.0 Å². The van der Waals surface area contributed by atoms with Gasteiger partial charge in [0.25, 0.3) is 0 Å². The first-order valence-electron chi connectivity index (χ1n) is 7.01. The van der Waals surface area contributed by atoms with E-state index >= 15 is 0 Å². The quantitative estimate of drug-likeness (QED) is 0.696. The molecule has 0 aliphatic carbocycles. The molecule has 2 aromatic rings. The summed E-state index contributed by atoms with van der Waals surface area (Å²) in [4.78, 5) is 23.6. The molecule has 6 heteroatoms. The average molecular weight is 426 g/mol. The number of carbonyl (C=O) groups is 2. The summed E-state index contributed by atoms with van der Waals surface area (Å²) in [6.45, 7) is 0. The van der Waals surface area contributed by atoms with Crippen molar-refractivity contribution in [1.29, 1.82) is 0 Å². The van der Waals surface area contributed by atoms with E-state index in [2.05, 4.69) is 27.9 Å². The lowest BCUT2D eigenvalue weighted by molar-refractivity contribution is -0.127. The SMILES string of the molecule is NC(=O)[C@@H](Cc1cccc(I)c1)NC(=O)Cc1ccc(F)cc1. The van der Waals surface area contributed by atoms with Gasteiger partial charge in [0.05, 0.1) is 6.42 Å². The lowest BCUT2D eigenvalue weighted by Gasteiger charge is -2.16. The largest absolute Gasteiger partial charge is 0.368 e. The van der Waals surface area contributed by atoms with Crippen LogP contribution in [0, 0.1) is 9.39 Å². The van der Waals surface area contributed by atoms with Crippen LogP contribution in [0.15, 0.2) is 48.5 Å². The molecule has 1 atom stereocenters. The summed E-state index contributed by atoms with van der Waals surface area (Å²) < 4.78 is 13.9. The molecule has 2 aromatic carbocycles. The van der Waals surface area contributed by atoms with Gasteiger partial charge in [0.1, 0.15) is 11.9 Å². The predicted molar refractivity (Wildman–Crippen MR) is 94.1 cm³/mol. The fraction of sp³-hybridized carbons (Fsp3) is 0.176. The van der Waals surface area contributed by atoms with E-state index in [4.69, 9.17) is 5.73 Å². The third-order valence-electron chi connectivity index (χ3n) is 3.29. The molecular formula is C17H16FIN2O2. The summed E-state index contributed by atoms with van der Waals surface area (Å²) in [6, 6.07) is 12.5. The number of nitrogens with two attached hydrogens (primary N) is 1. The molecule has 2 amide bonds. The molecular weight excluding hydrogens is 410 g/mol. The summed E-state index contributed by atoms with van der Waals surface area (Å²) in [7, 11) is 0. The Balaban J connectivity index is 1.99. The first-order valence-corrected chi connectivity index (χ1v) is 8.09. The highest BCUT2D eigenvalue weighted by Gasteiger charge is 2.18. The van der Waals surface area contributed by atoms with E-state index in [-0.39, 0.29) is 18.1 Å². The molecule has 0 aliphatic rings. The van der Waals surface area contributed by atoms with Gasteiger partial charge in [-0.15, -0.1) is 0 Å². The zero-order valence-electron chi connectivity index (χ0n) is 12.3. The number of rotatable bonds is 6. The first kappa shape index (κ1) is 17.4. The van der Waals surface area contributed by atoms with Crippen LogP contribution in [0.4, 0.5) is 4.39 Å². The Morgan fingerprint density at radius 2 is 1.83 bits per heavy atom. The normalized spacial score (nSPS) is 11.7. The van der Waals surface area contributed by atoms with Crippen LogP contribution in [0.5, 0.6) is 0 Å². The lowest BCUT2D eigenvalue weighted by atomic mass is 10.0. The number of halogens is 2. The van der Waals surface area contributed by atoms with E-state index < -0.39 is 11.9 Å². The number of primary amides is 1. The molecule has 0 aromatic heterocycles. The van der Waals surface area contributed by atoms with E-state index in [0.717, 1.165) is 9.13 Å². The molecule has 4 nitrogen and oxygen atoms in total. The minimum atomic E-state index is -0.777. The molecule has 2 rings (SSSR count). The number of hydrogen-bond acceptors (Lipinski definition) is 2. The molecule has 0 unspecified atom stereocenters. The maximum atomic E-state index is 12.9. The minimum Gasteiger partial charge on any atom is -0.368 e. The topological polar surface area (TPSA) is 72.2 Å². The monoisotopic (exact) mass is 426 g/mol. The van der Waals surface area contributed by atoms with Crippen molar-refractivity contribution < 1.29 is 14.0 Å². The summed E-state index contributed by atoms with van der Waals surface area (Å²) in [6.07, 6.45) is 0.401. The number of carbonyl (C=O) groups excluding carboxylic acids is 2. The van der Waals surface area contributed by atoms with Crippen molar-refractivity contribution in [1.82, 2.24) is 5.32 Å². The number of hydrogen-bond donors (Lipinski definition) is 2. The van der Waals surface area contributed by atoms with Crippen molar-refractivity contribution in [2.24, 2.45) is 5.73 Å². The van der Waals surface area contributed by atoms with Gasteiger partial charge in [0.2, 0.25) is 11.8 Å². The average Bonchev–Trinajstić information content (AvgIpc) is 2.49. The van der Waals surface area contributed by atoms with Crippen LogP contribution < -0.4 is 11.1 Å². The summed E-state index contributed by atoms with van der Waals surface area (Å²) >= 11 is 2.18. The van der Waals surface area contributed by atoms with Crippen molar-refractivity contribution in [3.05, 3.63) is 69.0 Å². The lowest BCUT2D eigenvalue weighted by Crippen LogP contribution is -2.46. The highest BCUT2D eigenvalue weighted by atomic mass is 127. The van der Waals surface area contributed by atoms with E-state index in [1.807, 2.05) is 24.3 Å². The molecule has 0 saturated heterocycles. The first-order chi connectivity index (χ1) is 10.9. The maximum absolute atomic E-state index is 12.9. The Morgan fingerprint density at radius 3 is 2.43 bits per heavy atom. The van der Waals surface area contributed by atoms with Gasteiger partial charge in [-0.2, -0.15) is 0 Å². The Hall–Kier alpha value is -1.96. The Morgan fingerprint density at radius 1 is 1.13 bits per heavy atom. The summed E-state index contributed by atoms with van der Waals surface area (Å²) in [5.41, 5.74) is 6.97. The second kappa shape index (κ2) is 8.05. The van der Waals surface area contributed by atoms with Crippen molar-refractivity contribution in [2.75, 3.05) is 0 Å². The van der Waals surface area contributed by atoms with Gasteiger partial charge in [-0.25, -0.2) is 4.39 Å². The fourth-order valence-corrected chi connectivity index (χ4v) is 2.76. The van der Waals surface area contributed by atoms with Crippen molar-refractivity contribution in [3.63, 3.8) is 0 Å². The van der Waals surface area contributed by atoms with E-state index in [1.165, 1.54) is 24.3 Å². The maximum Gasteiger partial charge on any atom is 0.240 e. The second-order valence-electron chi connectivity index (χ2n) is 5.16. The minimum absolute atomic E-state index is 0.0659. The van der Waals surface area contributed by atoms with Crippen LogP contribution in [0.1, 0.15) is 11.1 Å². The van der Waals surface area contributed by atoms with Gasteiger partial charge in [0, 0.05) is 9.99 Å². The third kappa shape index (κ3) is 5.63. The van der Waals surface area contributed by atoms with Gasteiger partial charge >= 0.3 is 0 Å². The third-order valence-corrected chi connectivity index (χ3v) is 3.96. The summed E-state index contributed by atoms with van der Waals surface area (Å²) in [5.74, 6) is -1.27. The standard InChI is InChI=1S/C17H16FIN2O2/c18-13-6-4-11(5-7-13)10-16(22)21-15(17(20)23)9-12-2-1-3-14(19)8-12/h1-8,15H,9-10H2,(H2,20,23)(H,21,22)/t15-/m1/s1. The molecule has 0 aliphatic heterocycles. The highest BCUT2D eigenvalue weighted by Crippen LogP contribution is 2.10.